The number of ether oxygens (including phenoxy) is 1. The first-order valence-electron chi connectivity index (χ1n) is 8.87. The van der Waals surface area contributed by atoms with Crippen molar-refractivity contribution in [3.05, 3.63) is 71.8 Å². The molecule has 2 aromatic rings. The van der Waals surface area contributed by atoms with Gasteiger partial charge in [-0.05, 0) is 30.9 Å². The predicted octanol–water partition coefficient (Wildman–Crippen LogP) is 2.80. The number of carbonyl (C=O) groups excluding carboxylic acids is 2. The van der Waals surface area contributed by atoms with E-state index in [1.807, 2.05) is 24.3 Å². The highest BCUT2D eigenvalue weighted by molar-refractivity contribution is 5.96. The second-order valence-corrected chi connectivity index (χ2v) is 6.54. The molecule has 0 saturated carbocycles. The van der Waals surface area contributed by atoms with Gasteiger partial charge in [-0.3, -0.25) is 9.59 Å². The summed E-state index contributed by atoms with van der Waals surface area (Å²) in [6, 6.07) is 17.9. The molecule has 0 bridgehead atoms. The summed E-state index contributed by atoms with van der Waals surface area (Å²) in [6.45, 7) is 0.445. The van der Waals surface area contributed by atoms with E-state index in [9.17, 15) is 14.7 Å². The Labute approximate surface area is 153 Å². The Hall–Kier alpha value is -2.50. The van der Waals surface area contributed by atoms with E-state index in [1.54, 1.807) is 36.4 Å². The second-order valence-electron chi connectivity index (χ2n) is 6.54. The molecule has 5 heteroatoms. The average molecular weight is 353 g/mol. The zero-order chi connectivity index (χ0) is 18.4. The average Bonchev–Trinajstić information content (AvgIpc) is 2.69. The molecule has 26 heavy (non-hydrogen) atoms. The summed E-state index contributed by atoms with van der Waals surface area (Å²) in [6.07, 6.45) is 0.0298. The van der Waals surface area contributed by atoms with Crippen LogP contribution in [0.5, 0.6) is 0 Å². The van der Waals surface area contributed by atoms with Gasteiger partial charge < -0.3 is 15.2 Å². The van der Waals surface area contributed by atoms with Crippen LogP contribution in [0.3, 0.4) is 0 Å². The molecule has 1 aliphatic rings. The van der Waals surface area contributed by atoms with Gasteiger partial charge in [-0.25, -0.2) is 0 Å². The third-order valence-corrected chi connectivity index (χ3v) is 4.69. The monoisotopic (exact) mass is 353 g/mol. The van der Waals surface area contributed by atoms with Gasteiger partial charge in [0.05, 0.1) is 6.10 Å². The van der Waals surface area contributed by atoms with E-state index in [1.165, 1.54) is 0 Å². The van der Waals surface area contributed by atoms with Crippen LogP contribution >= 0.6 is 0 Å². The van der Waals surface area contributed by atoms with Gasteiger partial charge in [0.25, 0.3) is 5.91 Å². The van der Waals surface area contributed by atoms with E-state index in [0.717, 1.165) is 0 Å². The van der Waals surface area contributed by atoms with Crippen LogP contribution in [0.25, 0.3) is 0 Å². The van der Waals surface area contributed by atoms with Crippen LogP contribution in [0, 0.1) is 5.92 Å². The number of hydrogen-bond donors (Lipinski definition) is 2. The van der Waals surface area contributed by atoms with Crippen molar-refractivity contribution in [3.8, 4) is 0 Å². The Morgan fingerprint density at radius 1 is 1.04 bits per heavy atom. The molecule has 136 valence electrons. The maximum Gasteiger partial charge on any atom is 0.253 e. The molecule has 1 saturated heterocycles. The fourth-order valence-electron chi connectivity index (χ4n) is 3.19. The topological polar surface area (TPSA) is 75.6 Å². The van der Waals surface area contributed by atoms with Gasteiger partial charge >= 0.3 is 0 Å². The zero-order valence-corrected chi connectivity index (χ0v) is 14.5. The molecule has 1 aliphatic heterocycles. The SMILES string of the molecule is O=C(CC(O)C1CCOC(NC(=O)c2ccccc2)C1)c1ccccc1. The van der Waals surface area contributed by atoms with Crippen molar-refractivity contribution in [2.75, 3.05) is 6.61 Å². The maximum absolute atomic E-state index is 12.3. The smallest absolute Gasteiger partial charge is 0.253 e. The Balaban J connectivity index is 1.54. The van der Waals surface area contributed by atoms with Crippen molar-refractivity contribution in [1.82, 2.24) is 5.32 Å². The highest BCUT2D eigenvalue weighted by atomic mass is 16.5. The lowest BCUT2D eigenvalue weighted by molar-refractivity contribution is -0.0540. The number of Topliss-reactive ketones (excluding diaryl/α,β-unsaturated/α-hetero) is 1. The Morgan fingerprint density at radius 2 is 1.65 bits per heavy atom. The van der Waals surface area contributed by atoms with Crippen LogP contribution < -0.4 is 5.32 Å². The quantitative estimate of drug-likeness (QED) is 0.783. The molecular weight excluding hydrogens is 330 g/mol. The summed E-state index contributed by atoms with van der Waals surface area (Å²) in [5.74, 6) is -0.363. The zero-order valence-electron chi connectivity index (χ0n) is 14.5. The van der Waals surface area contributed by atoms with E-state index in [4.69, 9.17) is 4.74 Å². The summed E-state index contributed by atoms with van der Waals surface area (Å²) in [4.78, 5) is 24.5. The largest absolute Gasteiger partial charge is 0.392 e. The minimum atomic E-state index is -0.747. The predicted molar refractivity (Wildman–Crippen MR) is 97.8 cm³/mol. The van der Waals surface area contributed by atoms with Gasteiger partial charge in [-0.1, -0.05) is 48.5 Å². The summed E-state index contributed by atoms with van der Waals surface area (Å²) in [5.41, 5.74) is 1.17. The molecule has 1 heterocycles. The Kier molecular flexibility index (Phi) is 6.15. The van der Waals surface area contributed by atoms with Gasteiger partial charge in [-0.2, -0.15) is 0 Å². The Morgan fingerprint density at radius 3 is 2.31 bits per heavy atom. The van der Waals surface area contributed by atoms with Crippen molar-refractivity contribution in [3.63, 3.8) is 0 Å². The van der Waals surface area contributed by atoms with Crippen molar-refractivity contribution < 1.29 is 19.4 Å². The van der Waals surface area contributed by atoms with Crippen LogP contribution in [0.4, 0.5) is 0 Å². The minimum Gasteiger partial charge on any atom is -0.392 e. The summed E-state index contributed by atoms with van der Waals surface area (Å²) >= 11 is 0. The van der Waals surface area contributed by atoms with Gasteiger partial charge in [-0.15, -0.1) is 0 Å². The van der Waals surface area contributed by atoms with Crippen molar-refractivity contribution in [2.24, 2.45) is 5.92 Å². The van der Waals surface area contributed by atoms with Gasteiger partial charge in [0, 0.05) is 24.2 Å². The maximum atomic E-state index is 12.3. The van der Waals surface area contributed by atoms with E-state index >= 15 is 0 Å². The summed E-state index contributed by atoms with van der Waals surface area (Å²) < 4.78 is 5.61. The molecule has 0 aromatic heterocycles. The summed E-state index contributed by atoms with van der Waals surface area (Å²) in [7, 11) is 0. The van der Waals surface area contributed by atoms with Crippen LogP contribution in [-0.2, 0) is 4.74 Å². The van der Waals surface area contributed by atoms with Gasteiger partial charge in [0.2, 0.25) is 0 Å². The molecule has 1 amide bonds. The first-order valence-corrected chi connectivity index (χ1v) is 8.87. The standard InChI is InChI=1S/C21H23NO4/c23-18(15-7-3-1-4-8-15)14-19(24)17-11-12-26-20(13-17)22-21(25)16-9-5-2-6-10-16/h1-10,17,19-20,24H,11-14H2,(H,22,25). The highest BCUT2D eigenvalue weighted by Crippen LogP contribution is 2.25. The summed E-state index contributed by atoms with van der Waals surface area (Å²) in [5, 5.41) is 13.3. The fourth-order valence-corrected chi connectivity index (χ4v) is 3.19. The molecule has 1 fully saturated rings. The van der Waals surface area contributed by atoms with Crippen LogP contribution in [0.2, 0.25) is 0 Å². The number of aliphatic hydroxyl groups excluding tert-OH is 1. The lowest BCUT2D eigenvalue weighted by Gasteiger charge is -2.32. The second kappa shape index (κ2) is 8.74. The molecule has 3 unspecified atom stereocenters. The van der Waals surface area contributed by atoms with Crippen LogP contribution in [-0.4, -0.2) is 35.7 Å². The lowest BCUT2D eigenvalue weighted by atomic mass is 9.88. The van der Waals surface area contributed by atoms with Crippen molar-refractivity contribution in [1.29, 1.82) is 0 Å². The van der Waals surface area contributed by atoms with Crippen LogP contribution in [0.15, 0.2) is 60.7 Å². The van der Waals surface area contributed by atoms with E-state index in [0.29, 0.717) is 30.6 Å². The van der Waals surface area contributed by atoms with Gasteiger partial charge in [0.1, 0.15) is 6.23 Å². The molecule has 5 nitrogen and oxygen atoms in total. The third kappa shape index (κ3) is 4.77. The molecular formula is C21H23NO4. The number of carbonyl (C=O) groups is 2. The first-order chi connectivity index (χ1) is 12.6. The molecule has 3 atom stereocenters. The highest BCUT2D eigenvalue weighted by Gasteiger charge is 2.30. The molecule has 0 radical (unpaired) electrons. The molecule has 2 aromatic carbocycles. The van der Waals surface area contributed by atoms with Crippen molar-refractivity contribution in [2.45, 2.75) is 31.6 Å². The Bertz CT molecular complexity index is 681. The molecule has 3 rings (SSSR count). The molecule has 0 spiro atoms. The normalized spacial score (nSPS) is 21.0. The number of amides is 1. The van der Waals surface area contributed by atoms with Gasteiger partial charge in [0.15, 0.2) is 5.78 Å². The number of aliphatic hydroxyl groups is 1. The van der Waals surface area contributed by atoms with E-state index in [-0.39, 0.29) is 24.0 Å². The molecule has 0 aliphatic carbocycles. The number of benzene rings is 2. The number of rotatable bonds is 6. The van der Waals surface area contributed by atoms with Crippen LogP contribution in [0.1, 0.15) is 40.0 Å². The van der Waals surface area contributed by atoms with Crippen molar-refractivity contribution >= 4 is 11.7 Å². The molecule has 2 N–H and O–H groups in total. The first kappa shape index (κ1) is 18.3. The van der Waals surface area contributed by atoms with E-state index < -0.39 is 12.3 Å². The minimum absolute atomic E-state index is 0.0746. The van der Waals surface area contributed by atoms with E-state index in [2.05, 4.69) is 5.32 Å². The number of hydrogen-bond acceptors (Lipinski definition) is 4. The fraction of sp³-hybridized carbons (Fsp3) is 0.333. The number of nitrogens with one attached hydrogen (secondary N) is 1. The lowest BCUT2D eigenvalue weighted by Crippen LogP contribution is -2.44. The number of ketones is 1. The third-order valence-electron chi connectivity index (χ3n) is 4.69.